The third kappa shape index (κ3) is 8.39. The van der Waals surface area contributed by atoms with Gasteiger partial charge in [0.05, 0.1) is 6.10 Å². The highest BCUT2D eigenvalue weighted by Crippen LogP contribution is 2.22. The van der Waals surface area contributed by atoms with Gasteiger partial charge in [-0.25, -0.2) is 9.97 Å². The van der Waals surface area contributed by atoms with Gasteiger partial charge in [0.1, 0.15) is 0 Å². The zero-order valence-electron chi connectivity index (χ0n) is 20.7. The highest BCUT2D eigenvalue weighted by molar-refractivity contribution is 5.65. The van der Waals surface area contributed by atoms with Crippen LogP contribution in [0.4, 0.5) is 0 Å². The molecule has 0 N–H and O–H groups in total. The van der Waals surface area contributed by atoms with Crippen molar-refractivity contribution >= 4 is 6.08 Å². The first-order valence-corrected chi connectivity index (χ1v) is 12.6. The molecule has 1 atom stereocenters. The fourth-order valence-corrected chi connectivity index (χ4v) is 3.83. The van der Waals surface area contributed by atoms with Crippen molar-refractivity contribution in [2.24, 2.45) is 0 Å². The lowest BCUT2D eigenvalue weighted by Crippen LogP contribution is -2.08. The molecule has 0 amide bonds. The molecule has 3 aromatic rings. The molecule has 0 aliphatic heterocycles. The Labute approximate surface area is 205 Å². The predicted octanol–water partition coefficient (Wildman–Crippen LogP) is 8.32. The molecule has 2 aromatic carbocycles. The van der Waals surface area contributed by atoms with Gasteiger partial charge in [0, 0.05) is 30.1 Å². The number of nitrogens with zero attached hydrogens (tertiary/aromatic N) is 2. The van der Waals surface area contributed by atoms with Crippen LogP contribution in [-0.4, -0.2) is 22.7 Å². The largest absolute Gasteiger partial charge is 0.379 e. The van der Waals surface area contributed by atoms with Crippen LogP contribution < -0.4 is 0 Å². The summed E-state index contributed by atoms with van der Waals surface area (Å²) in [6.07, 6.45) is 18.4. The van der Waals surface area contributed by atoms with Crippen LogP contribution in [0.15, 0.2) is 79.7 Å². The van der Waals surface area contributed by atoms with Crippen molar-refractivity contribution in [1.29, 1.82) is 0 Å². The molecule has 0 spiro atoms. The van der Waals surface area contributed by atoms with Crippen LogP contribution in [0.2, 0.25) is 0 Å². The van der Waals surface area contributed by atoms with Gasteiger partial charge in [-0.1, -0.05) is 86.5 Å². The third-order valence-electron chi connectivity index (χ3n) is 5.93. The minimum Gasteiger partial charge on any atom is -0.379 e. The van der Waals surface area contributed by atoms with Crippen molar-refractivity contribution in [2.45, 2.75) is 64.9 Å². The van der Waals surface area contributed by atoms with E-state index in [0.29, 0.717) is 6.10 Å². The molecule has 178 valence electrons. The van der Waals surface area contributed by atoms with Crippen LogP contribution >= 0.6 is 0 Å². The van der Waals surface area contributed by atoms with Gasteiger partial charge < -0.3 is 4.74 Å². The molecule has 0 aliphatic rings. The van der Waals surface area contributed by atoms with Crippen molar-refractivity contribution in [2.75, 3.05) is 6.61 Å². The van der Waals surface area contributed by atoms with E-state index in [1.807, 2.05) is 18.5 Å². The average molecular weight is 455 g/mol. The lowest BCUT2D eigenvalue weighted by molar-refractivity contribution is 0.0566. The second-order valence-corrected chi connectivity index (χ2v) is 8.83. The van der Waals surface area contributed by atoms with Gasteiger partial charge in [-0.3, -0.25) is 0 Å². The van der Waals surface area contributed by atoms with Gasteiger partial charge in [0.25, 0.3) is 0 Å². The molecular formula is C31H38N2O. The molecule has 1 unspecified atom stereocenters. The van der Waals surface area contributed by atoms with Gasteiger partial charge in [-0.15, -0.1) is 6.58 Å². The Morgan fingerprint density at radius 3 is 2.26 bits per heavy atom. The molecule has 3 heteroatoms. The number of rotatable bonds is 14. The molecule has 1 aromatic heterocycles. The fourth-order valence-electron chi connectivity index (χ4n) is 3.83. The standard InChI is InChI=1S/C31H38N2O/c1-4-6-10-22-34-25(3)12-8-7-9-13-27-16-20-29(21-17-27)31-32-23-30(24-33-31)28-18-14-26(11-5-2)15-19-28/h5,9,13-21,23-25H,2,4,6-8,10-12,22H2,1,3H3/b13-9+. The van der Waals surface area contributed by atoms with Gasteiger partial charge in [-0.2, -0.15) is 0 Å². The number of benzene rings is 2. The summed E-state index contributed by atoms with van der Waals surface area (Å²) in [6, 6.07) is 16.9. The maximum Gasteiger partial charge on any atom is 0.159 e. The van der Waals surface area contributed by atoms with Gasteiger partial charge >= 0.3 is 0 Å². The number of unbranched alkanes of at least 4 members (excludes halogenated alkanes) is 3. The summed E-state index contributed by atoms with van der Waals surface area (Å²) in [5.74, 6) is 0.746. The Hall–Kier alpha value is -3.04. The normalized spacial score (nSPS) is 12.2. The summed E-state index contributed by atoms with van der Waals surface area (Å²) in [6.45, 7) is 9.09. The summed E-state index contributed by atoms with van der Waals surface area (Å²) in [7, 11) is 0. The Bertz CT molecular complexity index is 1000. The van der Waals surface area contributed by atoms with E-state index >= 15 is 0 Å². The van der Waals surface area contributed by atoms with E-state index in [1.165, 1.54) is 30.4 Å². The average Bonchev–Trinajstić information content (AvgIpc) is 2.88. The molecule has 0 fully saturated rings. The van der Waals surface area contributed by atoms with Crippen molar-refractivity contribution in [1.82, 2.24) is 9.97 Å². The Morgan fingerprint density at radius 1 is 0.882 bits per heavy atom. The van der Waals surface area contributed by atoms with Crippen LogP contribution in [0.5, 0.6) is 0 Å². The Kier molecular flexibility index (Phi) is 10.7. The Morgan fingerprint density at radius 2 is 1.59 bits per heavy atom. The summed E-state index contributed by atoms with van der Waals surface area (Å²) >= 11 is 0. The number of ether oxygens (including phenoxy) is 1. The van der Waals surface area contributed by atoms with E-state index in [-0.39, 0.29) is 0 Å². The van der Waals surface area contributed by atoms with Crippen molar-refractivity contribution in [3.8, 4) is 22.5 Å². The van der Waals surface area contributed by atoms with Crippen molar-refractivity contribution < 1.29 is 4.74 Å². The number of hydrogen-bond donors (Lipinski definition) is 0. The molecule has 1 heterocycles. The Balaban J connectivity index is 1.46. The maximum atomic E-state index is 5.87. The molecule has 0 saturated carbocycles. The maximum absolute atomic E-state index is 5.87. The first kappa shape index (κ1) is 25.6. The molecule has 0 radical (unpaired) electrons. The summed E-state index contributed by atoms with van der Waals surface area (Å²) in [5.41, 5.74) is 5.63. The summed E-state index contributed by atoms with van der Waals surface area (Å²) < 4.78 is 5.87. The second-order valence-electron chi connectivity index (χ2n) is 8.83. The molecular weight excluding hydrogens is 416 g/mol. The second kappa shape index (κ2) is 14.3. The lowest BCUT2D eigenvalue weighted by Gasteiger charge is -2.11. The predicted molar refractivity (Wildman–Crippen MR) is 145 cm³/mol. The fraction of sp³-hybridized carbons (Fsp3) is 0.355. The van der Waals surface area contributed by atoms with Crippen molar-refractivity contribution in [3.05, 3.63) is 90.8 Å². The smallest absolute Gasteiger partial charge is 0.159 e. The minimum atomic E-state index is 0.354. The molecule has 34 heavy (non-hydrogen) atoms. The molecule has 3 nitrogen and oxygen atoms in total. The zero-order chi connectivity index (χ0) is 24.0. The monoisotopic (exact) mass is 454 g/mol. The topological polar surface area (TPSA) is 35.0 Å². The molecule has 0 bridgehead atoms. The van der Waals surface area contributed by atoms with Crippen LogP contribution in [0.1, 0.15) is 63.5 Å². The summed E-state index contributed by atoms with van der Waals surface area (Å²) in [5, 5.41) is 0. The summed E-state index contributed by atoms with van der Waals surface area (Å²) in [4.78, 5) is 9.18. The van der Waals surface area contributed by atoms with E-state index in [1.54, 1.807) is 0 Å². The van der Waals surface area contributed by atoms with E-state index in [4.69, 9.17) is 4.74 Å². The molecule has 0 saturated heterocycles. The van der Waals surface area contributed by atoms with Gasteiger partial charge in [-0.05, 0) is 55.7 Å². The van der Waals surface area contributed by atoms with Crippen LogP contribution in [0.3, 0.4) is 0 Å². The van der Waals surface area contributed by atoms with Crippen LogP contribution in [-0.2, 0) is 11.2 Å². The highest BCUT2D eigenvalue weighted by Gasteiger charge is 2.04. The minimum absolute atomic E-state index is 0.354. The van der Waals surface area contributed by atoms with Crippen LogP contribution in [0, 0.1) is 0 Å². The third-order valence-corrected chi connectivity index (χ3v) is 5.93. The first-order chi connectivity index (χ1) is 16.7. The quantitative estimate of drug-likeness (QED) is 0.181. The van der Waals surface area contributed by atoms with Crippen molar-refractivity contribution in [3.63, 3.8) is 0 Å². The van der Waals surface area contributed by atoms with E-state index in [2.05, 4.69) is 91.1 Å². The van der Waals surface area contributed by atoms with Crippen LogP contribution in [0.25, 0.3) is 28.6 Å². The van der Waals surface area contributed by atoms with E-state index in [9.17, 15) is 0 Å². The number of hydrogen-bond acceptors (Lipinski definition) is 3. The lowest BCUT2D eigenvalue weighted by atomic mass is 10.1. The SMILES string of the molecule is C=CCc1ccc(-c2cnc(-c3ccc(/C=C/CCCC(C)OCCCCC)cc3)nc2)cc1. The molecule has 0 aliphatic carbocycles. The number of allylic oxidation sites excluding steroid dienone is 2. The molecule has 3 rings (SSSR count). The van der Waals surface area contributed by atoms with E-state index in [0.717, 1.165) is 54.8 Å². The highest BCUT2D eigenvalue weighted by atomic mass is 16.5. The van der Waals surface area contributed by atoms with Gasteiger partial charge in [0.2, 0.25) is 0 Å². The van der Waals surface area contributed by atoms with Gasteiger partial charge in [0.15, 0.2) is 5.82 Å². The zero-order valence-corrected chi connectivity index (χ0v) is 20.7. The van der Waals surface area contributed by atoms with E-state index < -0.39 is 0 Å². The number of aromatic nitrogens is 2. The first-order valence-electron chi connectivity index (χ1n) is 12.6.